The van der Waals surface area contributed by atoms with Gasteiger partial charge in [0.1, 0.15) is 11.7 Å². The first-order valence-corrected chi connectivity index (χ1v) is 9.10. The number of benzene rings is 1. The second-order valence-corrected chi connectivity index (χ2v) is 7.03. The number of carbonyl (C=O) groups is 5. The monoisotopic (exact) mass is 394 g/mol. The number of carbonyl (C=O) groups excluding carboxylic acids is 5. The molecule has 0 bridgehead atoms. The summed E-state index contributed by atoms with van der Waals surface area (Å²) in [4.78, 5) is 63.0. The van der Waals surface area contributed by atoms with Crippen LogP contribution in [0, 0.1) is 0 Å². The zero-order chi connectivity index (χ0) is 20.7. The fraction of sp³-hybridized carbons (Fsp3) is 0.250. The third-order valence-corrected chi connectivity index (χ3v) is 5.20. The molecule has 1 aromatic carbocycles. The van der Waals surface area contributed by atoms with Crippen LogP contribution in [-0.4, -0.2) is 45.0 Å². The average molecular weight is 394 g/mol. The van der Waals surface area contributed by atoms with Gasteiger partial charge in [0.05, 0.1) is 11.1 Å². The Balaban J connectivity index is 1.58. The van der Waals surface area contributed by atoms with Gasteiger partial charge in [0, 0.05) is 26.2 Å². The Kier molecular flexibility index (Phi) is 4.50. The molecule has 3 heterocycles. The SMILES string of the molecule is Cn1cccc1C(=O)NC(=O)c1cccc2c1C(=O)N(C1CCC(=O)NC1=O)C2. The zero-order valence-corrected chi connectivity index (χ0v) is 15.6. The summed E-state index contributed by atoms with van der Waals surface area (Å²) in [5.41, 5.74) is 1.15. The van der Waals surface area contributed by atoms with Crippen molar-refractivity contribution in [3.8, 4) is 0 Å². The molecule has 1 fully saturated rings. The van der Waals surface area contributed by atoms with Crippen molar-refractivity contribution in [1.82, 2.24) is 20.1 Å². The Morgan fingerprint density at radius 1 is 1.10 bits per heavy atom. The highest BCUT2D eigenvalue weighted by Gasteiger charge is 2.40. The van der Waals surface area contributed by atoms with Gasteiger partial charge in [0.2, 0.25) is 11.8 Å². The summed E-state index contributed by atoms with van der Waals surface area (Å²) in [6.45, 7) is 0.160. The smallest absolute Gasteiger partial charge is 0.274 e. The number of rotatable bonds is 3. The topological polar surface area (TPSA) is 118 Å². The van der Waals surface area contributed by atoms with E-state index >= 15 is 0 Å². The quantitative estimate of drug-likeness (QED) is 0.729. The van der Waals surface area contributed by atoms with Gasteiger partial charge in [-0.3, -0.25) is 34.6 Å². The Bertz CT molecular complexity index is 1070. The minimum atomic E-state index is -0.770. The lowest BCUT2D eigenvalue weighted by Gasteiger charge is -2.29. The largest absolute Gasteiger partial charge is 0.347 e. The van der Waals surface area contributed by atoms with Gasteiger partial charge in [0.15, 0.2) is 0 Å². The molecule has 5 amide bonds. The first-order valence-electron chi connectivity index (χ1n) is 9.10. The maximum atomic E-state index is 13.0. The van der Waals surface area contributed by atoms with Crippen LogP contribution in [0.15, 0.2) is 36.5 Å². The van der Waals surface area contributed by atoms with E-state index < -0.39 is 29.7 Å². The van der Waals surface area contributed by atoms with Gasteiger partial charge in [-0.15, -0.1) is 0 Å². The van der Waals surface area contributed by atoms with E-state index in [4.69, 9.17) is 0 Å². The lowest BCUT2D eigenvalue weighted by molar-refractivity contribution is -0.136. The molecule has 1 aromatic heterocycles. The summed E-state index contributed by atoms with van der Waals surface area (Å²) in [6, 6.07) is 7.29. The molecule has 2 aliphatic heterocycles. The summed E-state index contributed by atoms with van der Waals surface area (Å²) in [6.07, 6.45) is 2.06. The zero-order valence-electron chi connectivity index (χ0n) is 15.6. The first-order chi connectivity index (χ1) is 13.9. The Labute approximate surface area is 165 Å². The van der Waals surface area contributed by atoms with Gasteiger partial charge in [-0.2, -0.15) is 0 Å². The molecule has 2 aliphatic rings. The van der Waals surface area contributed by atoms with E-state index in [0.29, 0.717) is 11.3 Å². The van der Waals surface area contributed by atoms with E-state index in [1.807, 2.05) is 0 Å². The first kappa shape index (κ1) is 18.6. The van der Waals surface area contributed by atoms with E-state index in [-0.39, 0.29) is 36.4 Å². The van der Waals surface area contributed by atoms with Crippen LogP contribution in [0.25, 0.3) is 0 Å². The predicted molar refractivity (Wildman–Crippen MR) is 99.7 cm³/mol. The van der Waals surface area contributed by atoms with Crippen LogP contribution in [0.5, 0.6) is 0 Å². The molecular formula is C20H18N4O5. The summed E-state index contributed by atoms with van der Waals surface area (Å²) in [5, 5.41) is 4.55. The van der Waals surface area contributed by atoms with Crippen LogP contribution < -0.4 is 10.6 Å². The molecule has 0 saturated carbocycles. The highest BCUT2D eigenvalue weighted by molar-refractivity contribution is 6.16. The number of aryl methyl sites for hydroxylation is 1. The molecule has 0 aliphatic carbocycles. The molecule has 1 unspecified atom stereocenters. The van der Waals surface area contributed by atoms with Crippen molar-refractivity contribution in [3.63, 3.8) is 0 Å². The fourth-order valence-electron chi connectivity index (χ4n) is 3.74. The minimum absolute atomic E-state index is 0.0739. The second-order valence-electron chi connectivity index (χ2n) is 7.03. The highest BCUT2D eigenvalue weighted by atomic mass is 16.2. The van der Waals surface area contributed by atoms with E-state index in [2.05, 4.69) is 10.6 Å². The van der Waals surface area contributed by atoms with Crippen molar-refractivity contribution in [2.75, 3.05) is 0 Å². The van der Waals surface area contributed by atoms with Crippen LogP contribution in [0.1, 0.15) is 49.6 Å². The van der Waals surface area contributed by atoms with Crippen LogP contribution in [0.3, 0.4) is 0 Å². The number of imide groups is 2. The summed E-state index contributed by atoms with van der Waals surface area (Å²) >= 11 is 0. The Morgan fingerprint density at radius 2 is 1.90 bits per heavy atom. The van der Waals surface area contributed by atoms with Crippen molar-refractivity contribution in [2.24, 2.45) is 7.05 Å². The number of nitrogens with zero attached hydrogens (tertiary/aromatic N) is 2. The van der Waals surface area contributed by atoms with Crippen LogP contribution in [0.4, 0.5) is 0 Å². The van der Waals surface area contributed by atoms with Crippen molar-refractivity contribution >= 4 is 29.5 Å². The standard InChI is InChI=1S/C20H18N4O5/c1-23-9-3-6-13(23)18(27)22-17(26)12-5-2-4-11-10-24(20(29)16(11)12)14-7-8-15(25)21-19(14)28/h2-6,9,14H,7-8,10H2,1H3,(H,21,25,28)(H,22,26,27). The van der Waals surface area contributed by atoms with E-state index in [0.717, 1.165) is 0 Å². The molecule has 0 radical (unpaired) electrons. The van der Waals surface area contributed by atoms with E-state index in [9.17, 15) is 24.0 Å². The number of hydrogen-bond donors (Lipinski definition) is 2. The maximum Gasteiger partial charge on any atom is 0.274 e. The van der Waals surface area contributed by atoms with Crippen LogP contribution in [-0.2, 0) is 23.2 Å². The molecule has 0 spiro atoms. The number of amides is 5. The Hall–Kier alpha value is -3.75. The molecule has 9 nitrogen and oxygen atoms in total. The van der Waals surface area contributed by atoms with Crippen molar-refractivity contribution in [1.29, 1.82) is 0 Å². The second kappa shape index (κ2) is 7.01. The maximum absolute atomic E-state index is 13.0. The highest BCUT2D eigenvalue weighted by Crippen LogP contribution is 2.29. The Morgan fingerprint density at radius 3 is 2.59 bits per heavy atom. The fourth-order valence-corrected chi connectivity index (χ4v) is 3.74. The summed E-state index contributed by atoms with van der Waals surface area (Å²) < 4.78 is 1.58. The van der Waals surface area contributed by atoms with Gasteiger partial charge < -0.3 is 9.47 Å². The molecule has 1 atom stereocenters. The summed E-state index contributed by atoms with van der Waals surface area (Å²) in [5.74, 6) is -2.62. The lowest BCUT2D eigenvalue weighted by atomic mass is 10.0. The molecule has 1 saturated heterocycles. The minimum Gasteiger partial charge on any atom is -0.347 e. The number of aromatic nitrogens is 1. The predicted octanol–water partition coefficient (Wildman–Crippen LogP) is 0.356. The summed E-state index contributed by atoms with van der Waals surface area (Å²) in [7, 11) is 1.68. The molecule has 29 heavy (non-hydrogen) atoms. The molecule has 2 N–H and O–H groups in total. The molecular weight excluding hydrogens is 376 g/mol. The molecule has 4 rings (SSSR count). The molecule has 2 aromatic rings. The van der Waals surface area contributed by atoms with Gasteiger partial charge in [-0.1, -0.05) is 12.1 Å². The normalized spacial score (nSPS) is 18.4. The molecule has 9 heteroatoms. The third-order valence-electron chi connectivity index (χ3n) is 5.20. The van der Waals surface area contributed by atoms with E-state index in [1.165, 1.54) is 11.0 Å². The van der Waals surface area contributed by atoms with Gasteiger partial charge >= 0.3 is 0 Å². The van der Waals surface area contributed by atoms with Gasteiger partial charge in [0.25, 0.3) is 17.7 Å². The number of hydrogen-bond acceptors (Lipinski definition) is 5. The van der Waals surface area contributed by atoms with Crippen LogP contribution in [0.2, 0.25) is 0 Å². The third kappa shape index (κ3) is 3.20. The van der Waals surface area contributed by atoms with Crippen LogP contribution >= 0.6 is 0 Å². The van der Waals surface area contributed by atoms with Crippen molar-refractivity contribution in [3.05, 3.63) is 58.9 Å². The van der Waals surface area contributed by atoms with Crippen molar-refractivity contribution in [2.45, 2.75) is 25.4 Å². The molecule has 148 valence electrons. The lowest BCUT2D eigenvalue weighted by Crippen LogP contribution is -2.52. The van der Waals surface area contributed by atoms with E-state index in [1.54, 1.807) is 42.1 Å². The number of nitrogens with one attached hydrogen (secondary N) is 2. The van der Waals surface area contributed by atoms with Gasteiger partial charge in [-0.25, -0.2) is 0 Å². The van der Waals surface area contributed by atoms with Gasteiger partial charge in [-0.05, 0) is 30.2 Å². The average Bonchev–Trinajstić information content (AvgIpc) is 3.25. The number of piperidine rings is 1. The van der Waals surface area contributed by atoms with Crippen molar-refractivity contribution < 1.29 is 24.0 Å². The number of fused-ring (bicyclic) bond motifs is 1.